The molecule has 0 aromatic carbocycles. The van der Waals surface area contributed by atoms with E-state index in [9.17, 15) is 13.2 Å². The van der Waals surface area contributed by atoms with Crippen molar-refractivity contribution in [3.05, 3.63) is 0 Å². The van der Waals surface area contributed by atoms with E-state index in [1.54, 1.807) is 0 Å². The Hall–Kier alpha value is -0.660. The number of likely N-dealkylation sites (N-methyl/N-ethyl adjacent to an activating group) is 1. The highest BCUT2D eigenvalue weighted by Gasteiger charge is 2.34. The lowest BCUT2D eigenvalue weighted by atomic mass is 10.0. The second-order valence-corrected chi connectivity index (χ2v) is 7.28. The van der Waals surface area contributed by atoms with Crippen LogP contribution in [0.25, 0.3) is 0 Å². The van der Waals surface area contributed by atoms with Crippen LogP contribution in [0.4, 0.5) is 0 Å². The normalized spacial score (nSPS) is 34.6. The van der Waals surface area contributed by atoms with Crippen molar-refractivity contribution in [1.29, 1.82) is 0 Å². The number of carbonyl (C=O) groups excluding carboxylic acids is 1. The van der Waals surface area contributed by atoms with Gasteiger partial charge in [0, 0.05) is 12.6 Å². The van der Waals surface area contributed by atoms with Crippen molar-refractivity contribution in [2.45, 2.75) is 12.5 Å². The van der Waals surface area contributed by atoms with Crippen molar-refractivity contribution in [3.63, 3.8) is 0 Å². The zero-order valence-corrected chi connectivity index (χ0v) is 11.3. The van der Waals surface area contributed by atoms with Crippen LogP contribution in [0.15, 0.2) is 0 Å². The van der Waals surface area contributed by atoms with Gasteiger partial charge >= 0.3 is 0 Å². The van der Waals surface area contributed by atoms with Crippen LogP contribution in [-0.4, -0.2) is 58.7 Å². The molecule has 0 aromatic heterocycles. The smallest absolute Gasteiger partial charge is 0.227 e. The highest BCUT2D eigenvalue weighted by atomic mass is 32.2. The Balaban J connectivity index is 1.78. The molecule has 3 atom stereocenters. The molecule has 0 aromatic rings. The summed E-state index contributed by atoms with van der Waals surface area (Å²) >= 11 is 0. The van der Waals surface area contributed by atoms with Gasteiger partial charge in [0.1, 0.15) is 0 Å². The lowest BCUT2D eigenvalue weighted by Gasteiger charge is -2.17. The molecule has 2 rings (SSSR count). The quantitative estimate of drug-likeness (QED) is 0.672. The maximum atomic E-state index is 12.0. The van der Waals surface area contributed by atoms with Crippen molar-refractivity contribution < 1.29 is 17.9 Å². The summed E-state index contributed by atoms with van der Waals surface area (Å²) in [7, 11) is -1.06. The fourth-order valence-electron chi connectivity index (χ4n) is 2.51. The summed E-state index contributed by atoms with van der Waals surface area (Å²) in [5.74, 6) is 0.293. The van der Waals surface area contributed by atoms with Gasteiger partial charge in [0.05, 0.1) is 30.6 Å². The van der Waals surface area contributed by atoms with E-state index >= 15 is 0 Å². The standard InChI is InChI=1S/C11H20N2O4S/c1-12-10-6-17-5-9(10)11(14)13-4-8-2-3-18(15,16)7-8/h8-10,12H,2-7H2,1H3,(H,13,14). The van der Waals surface area contributed by atoms with Crippen LogP contribution in [0.1, 0.15) is 6.42 Å². The van der Waals surface area contributed by atoms with Gasteiger partial charge in [-0.15, -0.1) is 0 Å². The molecule has 0 bridgehead atoms. The molecule has 6 nitrogen and oxygen atoms in total. The van der Waals surface area contributed by atoms with Crippen molar-refractivity contribution >= 4 is 15.7 Å². The number of sulfone groups is 1. The minimum absolute atomic E-state index is 0.0452. The van der Waals surface area contributed by atoms with E-state index in [4.69, 9.17) is 4.74 Å². The largest absolute Gasteiger partial charge is 0.379 e. The van der Waals surface area contributed by atoms with Crippen LogP contribution in [0.2, 0.25) is 0 Å². The molecular formula is C11H20N2O4S. The van der Waals surface area contributed by atoms with E-state index in [0.29, 0.717) is 26.2 Å². The maximum absolute atomic E-state index is 12.0. The van der Waals surface area contributed by atoms with Gasteiger partial charge in [-0.2, -0.15) is 0 Å². The van der Waals surface area contributed by atoms with E-state index in [0.717, 1.165) is 0 Å². The summed E-state index contributed by atoms with van der Waals surface area (Å²) in [6.07, 6.45) is 0.652. The molecule has 0 saturated carbocycles. The van der Waals surface area contributed by atoms with Crippen LogP contribution in [0.5, 0.6) is 0 Å². The summed E-state index contributed by atoms with van der Waals surface area (Å²) in [5.41, 5.74) is 0. The zero-order chi connectivity index (χ0) is 13.2. The van der Waals surface area contributed by atoms with Crippen molar-refractivity contribution in [2.75, 3.05) is 38.3 Å². The van der Waals surface area contributed by atoms with E-state index in [1.165, 1.54) is 0 Å². The number of amides is 1. The first-order valence-corrected chi connectivity index (χ1v) is 8.07. The third kappa shape index (κ3) is 3.21. The second kappa shape index (κ2) is 5.54. The summed E-state index contributed by atoms with van der Waals surface area (Å²) in [6, 6.07) is 0.0531. The van der Waals surface area contributed by atoms with Crippen LogP contribution >= 0.6 is 0 Å². The van der Waals surface area contributed by atoms with Crippen molar-refractivity contribution in [2.24, 2.45) is 11.8 Å². The van der Waals surface area contributed by atoms with Crippen LogP contribution in [-0.2, 0) is 19.4 Å². The van der Waals surface area contributed by atoms with E-state index < -0.39 is 9.84 Å². The lowest BCUT2D eigenvalue weighted by Crippen LogP contribution is -2.43. The highest BCUT2D eigenvalue weighted by molar-refractivity contribution is 7.91. The molecule has 2 N–H and O–H groups in total. The summed E-state index contributed by atoms with van der Waals surface area (Å²) < 4.78 is 27.9. The number of hydrogen-bond acceptors (Lipinski definition) is 5. The summed E-state index contributed by atoms with van der Waals surface area (Å²) in [6.45, 7) is 1.43. The predicted octanol–water partition coefficient (Wildman–Crippen LogP) is -1.23. The van der Waals surface area contributed by atoms with Crippen molar-refractivity contribution in [1.82, 2.24) is 10.6 Å². The molecule has 1 amide bonds. The van der Waals surface area contributed by atoms with Gasteiger partial charge in [0.15, 0.2) is 9.84 Å². The molecule has 18 heavy (non-hydrogen) atoms. The van der Waals surface area contributed by atoms with Gasteiger partial charge in [0.2, 0.25) is 5.91 Å². The van der Waals surface area contributed by atoms with Gasteiger partial charge in [-0.25, -0.2) is 8.42 Å². The Morgan fingerprint density at radius 2 is 2.17 bits per heavy atom. The Morgan fingerprint density at radius 3 is 2.78 bits per heavy atom. The number of hydrogen-bond donors (Lipinski definition) is 2. The molecule has 104 valence electrons. The van der Waals surface area contributed by atoms with Gasteiger partial charge < -0.3 is 15.4 Å². The zero-order valence-electron chi connectivity index (χ0n) is 10.5. The van der Waals surface area contributed by atoms with Gasteiger partial charge in [-0.3, -0.25) is 4.79 Å². The minimum atomic E-state index is -2.87. The number of rotatable bonds is 4. The maximum Gasteiger partial charge on any atom is 0.227 e. The number of carbonyl (C=O) groups is 1. The Kier molecular flexibility index (Phi) is 4.24. The Morgan fingerprint density at radius 1 is 1.39 bits per heavy atom. The molecule has 2 heterocycles. The van der Waals surface area contributed by atoms with E-state index in [-0.39, 0.29) is 35.3 Å². The monoisotopic (exact) mass is 276 g/mol. The first-order valence-electron chi connectivity index (χ1n) is 6.25. The van der Waals surface area contributed by atoms with Crippen LogP contribution in [0, 0.1) is 11.8 Å². The average Bonchev–Trinajstić information content (AvgIpc) is 2.92. The molecule has 2 aliphatic heterocycles. The first-order chi connectivity index (χ1) is 8.52. The third-order valence-electron chi connectivity index (χ3n) is 3.68. The molecule has 7 heteroatoms. The SMILES string of the molecule is CNC1COCC1C(=O)NCC1CCS(=O)(=O)C1. The molecule has 2 aliphatic rings. The van der Waals surface area contributed by atoms with Gasteiger partial charge in [-0.1, -0.05) is 0 Å². The molecule has 0 radical (unpaired) electrons. The summed E-state index contributed by atoms with van der Waals surface area (Å²) in [4.78, 5) is 12.0. The molecular weight excluding hydrogens is 256 g/mol. The molecule has 0 aliphatic carbocycles. The second-order valence-electron chi connectivity index (χ2n) is 5.05. The molecule has 2 fully saturated rings. The minimum Gasteiger partial charge on any atom is -0.379 e. The summed E-state index contributed by atoms with van der Waals surface area (Å²) in [5, 5.41) is 5.90. The van der Waals surface area contributed by atoms with Crippen LogP contribution < -0.4 is 10.6 Å². The van der Waals surface area contributed by atoms with E-state index in [2.05, 4.69) is 10.6 Å². The third-order valence-corrected chi connectivity index (χ3v) is 5.52. The molecule has 3 unspecified atom stereocenters. The Labute approximate surface area is 107 Å². The van der Waals surface area contributed by atoms with Crippen molar-refractivity contribution in [3.8, 4) is 0 Å². The fourth-order valence-corrected chi connectivity index (χ4v) is 4.37. The topological polar surface area (TPSA) is 84.5 Å². The van der Waals surface area contributed by atoms with Gasteiger partial charge in [0.25, 0.3) is 0 Å². The van der Waals surface area contributed by atoms with E-state index in [1.807, 2.05) is 7.05 Å². The Bertz CT molecular complexity index is 409. The number of nitrogens with one attached hydrogen (secondary N) is 2. The molecule has 2 saturated heterocycles. The average molecular weight is 276 g/mol. The first kappa shape index (κ1) is 13.8. The highest BCUT2D eigenvalue weighted by Crippen LogP contribution is 2.18. The predicted molar refractivity (Wildman–Crippen MR) is 66.9 cm³/mol. The lowest BCUT2D eigenvalue weighted by molar-refractivity contribution is -0.125. The molecule has 0 spiro atoms. The number of ether oxygens (including phenoxy) is 1. The van der Waals surface area contributed by atoms with Crippen LogP contribution in [0.3, 0.4) is 0 Å². The fraction of sp³-hybridized carbons (Fsp3) is 0.909. The van der Waals surface area contributed by atoms with Gasteiger partial charge in [-0.05, 0) is 19.4 Å².